The van der Waals surface area contributed by atoms with Crippen LogP contribution in [0.4, 0.5) is 34.1 Å². The molecule has 0 saturated heterocycles. The zero-order chi connectivity index (χ0) is 50.5. The zero-order valence-electron chi connectivity index (χ0n) is 43.3. The van der Waals surface area contributed by atoms with Crippen LogP contribution in [0.5, 0.6) is 11.5 Å². The molecular formula is C66H59B3N2O2. The lowest BCUT2D eigenvalue weighted by molar-refractivity contribution is 0.475. The highest BCUT2D eigenvalue weighted by molar-refractivity contribution is 7.05. The number of para-hydroxylation sites is 2. The van der Waals surface area contributed by atoms with Crippen LogP contribution in [0.15, 0.2) is 182 Å². The van der Waals surface area contributed by atoms with Crippen LogP contribution in [-0.4, -0.2) is 30.4 Å². The molecule has 0 spiro atoms. The monoisotopic (exact) mass is 944 g/mol. The third-order valence-corrected chi connectivity index (χ3v) is 16.4. The van der Waals surface area contributed by atoms with Gasteiger partial charge in [-0.2, -0.15) is 0 Å². The van der Waals surface area contributed by atoms with Gasteiger partial charge in [0.2, 0.25) is 13.4 Å². The van der Waals surface area contributed by atoms with Gasteiger partial charge in [0.1, 0.15) is 11.5 Å². The van der Waals surface area contributed by atoms with Crippen molar-refractivity contribution in [2.45, 2.75) is 78.6 Å². The van der Waals surface area contributed by atoms with Gasteiger partial charge in [-0.1, -0.05) is 207 Å². The van der Waals surface area contributed by atoms with E-state index < -0.39 is 0 Å². The summed E-state index contributed by atoms with van der Waals surface area (Å²) in [5.74, 6) is 0.520. The quantitative estimate of drug-likeness (QED) is 0.173. The van der Waals surface area contributed by atoms with Gasteiger partial charge in [0.25, 0.3) is 6.71 Å². The first-order valence-electron chi connectivity index (χ1n) is 26.0. The SMILES string of the molecule is CC(C)(C)c1ccc(B2c3cc(-c4ccc(O)cc4)ccc3N3c4cc(C(C)(C)C)cc5c4B(c4cccc2c43)c2cc(-c3ccc(O)cc3)cc3c2N5c2ccccc2B3c2ccc(C(C)(C)C)cc2)cc1. The molecule has 13 rings (SSSR count). The first-order valence-corrected chi connectivity index (χ1v) is 26.0. The summed E-state index contributed by atoms with van der Waals surface area (Å²) in [5, 5.41) is 20.9. The van der Waals surface area contributed by atoms with E-state index in [4.69, 9.17) is 0 Å². The summed E-state index contributed by atoms with van der Waals surface area (Å²) in [6, 6.07) is 67.4. The molecule has 0 aromatic heterocycles. The highest BCUT2D eigenvalue weighted by Gasteiger charge is 2.51. The zero-order valence-corrected chi connectivity index (χ0v) is 43.3. The van der Waals surface area contributed by atoms with Crippen molar-refractivity contribution >= 4 is 103 Å². The van der Waals surface area contributed by atoms with E-state index in [1.807, 2.05) is 24.3 Å². The highest BCUT2D eigenvalue weighted by atomic mass is 16.3. The van der Waals surface area contributed by atoms with Crippen LogP contribution in [0.3, 0.4) is 0 Å². The number of anilines is 6. The maximum absolute atomic E-state index is 10.6. The van der Waals surface area contributed by atoms with Gasteiger partial charge in [0, 0.05) is 34.1 Å². The summed E-state index contributed by atoms with van der Waals surface area (Å²) in [6.45, 7) is 20.6. The van der Waals surface area contributed by atoms with E-state index in [1.165, 1.54) is 100.0 Å². The summed E-state index contributed by atoms with van der Waals surface area (Å²) < 4.78 is 0. The number of benzene rings is 9. The maximum Gasteiger partial charge on any atom is 0.252 e. The van der Waals surface area contributed by atoms with Crippen LogP contribution in [0, 0.1) is 0 Å². The fourth-order valence-corrected chi connectivity index (χ4v) is 12.6. The number of hydrogen-bond donors (Lipinski definition) is 2. The normalized spacial score (nSPS) is 14.1. The van der Waals surface area contributed by atoms with Gasteiger partial charge >= 0.3 is 0 Å². The van der Waals surface area contributed by atoms with Gasteiger partial charge in [-0.25, -0.2) is 0 Å². The molecule has 7 heteroatoms. The van der Waals surface area contributed by atoms with Gasteiger partial charge in [-0.3, -0.25) is 0 Å². The molecule has 0 aliphatic carbocycles. The Bertz CT molecular complexity index is 3710. The van der Waals surface area contributed by atoms with E-state index >= 15 is 0 Å². The molecule has 0 atom stereocenters. The predicted molar refractivity (Wildman–Crippen MR) is 313 cm³/mol. The van der Waals surface area contributed by atoms with Crippen LogP contribution in [-0.2, 0) is 16.2 Å². The number of fused-ring (bicyclic) bond motifs is 8. The van der Waals surface area contributed by atoms with E-state index in [1.54, 1.807) is 12.1 Å². The largest absolute Gasteiger partial charge is 0.508 e. The van der Waals surface area contributed by atoms with Gasteiger partial charge in [-0.15, -0.1) is 0 Å². The third-order valence-electron chi connectivity index (χ3n) is 16.4. The average molecular weight is 945 g/mol. The van der Waals surface area contributed by atoms with Crippen LogP contribution in [0.2, 0.25) is 0 Å². The van der Waals surface area contributed by atoms with Crippen molar-refractivity contribution in [3.05, 3.63) is 199 Å². The lowest BCUT2D eigenvalue weighted by Gasteiger charge is -2.50. The minimum atomic E-state index is -0.169. The van der Waals surface area contributed by atoms with E-state index in [9.17, 15) is 10.2 Å². The standard InChI is InChI=1S/C66H59B3N2O2/c1-64(2,3)44-22-26-47(27-23-44)67-51-13-10-11-16-57(51)70-59-38-46(66(7,8)9)39-60-61(59)69(56-37-43(36-55(67)63(56)70)41-19-32-50(73)33-20-41)53-15-12-14-52-62(53)71(60)58-34-21-42(40-17-30-49(72)31-18-40)35-54(58)68(52)48-28-24-45(25-29-48)65(4,5)6/h10-39,72-73H,1-9H3. The summed E-state index contributed by atoms with van der Waals surface area (Å²) in [5.41, 5.74) is 27.1. The fourth-order valence-electron chi connectivity index (χ4n) is 12.6. The number of phenols is 2. The van der Waals surface area contributed by atoms with Gasteiger partial charge in [0.05, 0.1) is 0 Å². The molecular weight excluding hydrogens is 885 g/mol. The second-order valence-corrected chi connectivity index (χ2v) is 24.1. The molecule has 9 aromatic rings. The summed E-state index contributed by atoms with van der Waals surface area (Å²) in [4.78, 5) is 5.24. The third kappa shape index (κ3) is 7.06. The molecule has 0 saturated carbocycles. The number of rotatable bonds is 4. The van der Waals surface area contributed by atoms with Crippen LogP contribution >= 0.6 is 0 Å². The molecule has 0 bridgehead atoms. The Morgan fingerprint density at radius 1 is 0.315 bits per heavy atom. The number of aromatic hydroxyl groups is 2. The second kappa shape index (κ2) is 15.9. The minimum absolute atomic E-state index is 0.0159. The van der Waals surface area contributed by atoms with E-state index in [-0.39, 0.29) is 47.9 Å². The van der Waals surface area contributed by atoms with E-state index in [0.717, 1.165) is 22.3 Å². The first-order chi connectivity index (χ1) is 34.9. The molecule has 354 valence electrons. The van der Waals surface area contributed by atoms with E-state index in [2.05, 4.69) is 218 Å². The predicted octanol–water partition coefficient (Wildman–Crippen LogP) is 10.1. The van der Waals surface area contributed by atoms with Crippen molar-refractivity contribution in [2.75, 3.05) is 9.80 Å². The number of nitrogens with zero attached hydrogens (tertiary/aromatic N) is 2. The number of phenolic OH excluding ortho intramolecular Hbond substituents is 2. The van der Waals surface area contributed by atoms with Crippen molar-refractivity contribution in [1.29, 1.82) is 0 Å². The Morgan fingerprint density at radius 3 is 1.26 bits per heavy atom. The second-order valence-electron chi connectivity index (χ2n) is 24.1. The van der Waals surface area contributed by atoms with Crippen LogP contribution in [0.25, 0.3) is 22.3 Å². The Hall–Kier alpha value is -7.63. The maximum atomic E-state index is 10.6. The van der Waals surface area contributed by atoms with E-state index in [0.29, 0.717) is 0 Å². The fraction of sp³-hybridized carbons (Fsp3) is 0.182. The summed E-state index contributed by atoms with van der Waals surface area (Å²) in [6.07, 6.45) is 0. The van der Waals surface area contributed by atoms with Crippen LogP contribution in [0.1, 0.15) is 79.0 Å². The molecule has 4 heterocycles. The topological polar surface area (TPSA) is 46.9 Å². The molecule has 0 unspecified atom stereocenters. The molecule has 0 radical (unpaired) electrons. The Kier molecular flexibility index (Phi) is 9.88. The molecule has 4 nitrogen and oxygen atoms in total. The Balaban J connectivity index is 1.13. The van der Waals surface area contributed by atoms with Crippen molar-refractivity contribution in [1.82, 2.24) is 0 Å². The Morgan fingerprint density at radius 2 is 0.726 bits per heavy atom. The number of hydrogen-bond acceptors (Lipinski definition) is 4. The molecule has 0 amide bonds. The molecule has 0 fully saturated rings. The Labute approximate surface area is 432 Å². The highest BCUT2D eigenvalue weighted by Crippen LogP contribution is 2.48. The van der Waals surface area contributed by atoms with Crippen molar-refractivity contribution in [3.8, 4) is 33.8 Å². The van der Waals surface area contributed by atoms with Gasteiger partial charge in [0.15, 0.2) is 0 Å². The molecule has 4 aliphatic heterocycles. The average Bonchev–Trinajstić information content (AvgIpc) is 3.38. The van der Waals surface area contributed by atoms with Crippen molar-refractivity contribution in [2.24, 2.45) is 0 Å². The summed E-state index contributed by atoms with van der Waals surface area (Å²) in [7, 11) is 0. The van der Waals surface area contributed by atoms with Crippen molar-refractivity contribution in [3.63, 3.8) is 0 Å². The van der Waals surface area contributed by atoms with Crippen LogP contribution < -0.4 is 59.0 Å². The van der Waals surface area contributed by atoms with Crippen molar-refractivity contribution < 1.29 is 10.2 Å². The summed E-state index contributed by atoms with van der Waals surface area (Å²) >= 11 is 0. The first kappa shape index (κ1) is 45.3. The minimum Gasteiger partial charge on any atom is -0.508 e. The lowest BCUT2D eigenvalue weighted by atomic mass is 9.28. The lowest BCUT2D eigenvalue weighted by Crippen LogP contribution is -2.69. The molecule has 9 aromatic carbocycles. The molecule has 2 N–H and O–H groups in total. The molecule has 4 aliphatic rings. The van der Waals surface area contributed by atoms with Gasteiger partial charge < -0.3 is 20.0 Å². The van der Waals surface area contributed by atoms with Gasteiger partial charge in [-0.05, 0) is 142 Å². The smallest absolute Gasteiger partial charge is 0.252 e. The molecule has 73 heavy (non-hydrogen) atoms.